The van der Waals surface area contributed by atoms with Crippen LogP contribution in [0.5, 0.6) is 17.2 Å². The van der Waals surface area contributed by atoms with Crippen LogP contribution >= 0.6 is 0 Å². The van der Waals surface area contributed by atoms with E-state index in [4.69, 9.17) is 9.47 Å². The summed E-state index contributed by atoms with van der Waals surface area (Å²) in [6.45, 7) is 1.93. The highest BCUT2D eigenvalue weighted by atomic mass is 16.5. The number of rotatable bonds is 4. The molecule has 0 spiro atoms. The maximum absolute atomic E-state index is 13.0. The monoisotopic (exact) mass is 413 g/mol. The van der Waals surface area contributed by atoms with E-state index < -0.39 is 0 Å². The Morgan fingerprint density at radius 3 is 2.55 bits per heavy atom. The van der Waals surface area contributed by atoms with Crippen molar-refractivity contribution in [1.82, 2.24) is 9.47 Å². The van der Waals surface area contributed by atoms with Crippen LogP contribution in [0.25, 0.3) is 10.9 Å². The summed E-state index contributed by atoms with van der Waals surface area (Å²) >= 11 is 0. The zero-order valence-corrected chi connectivity index (χ0v) is 17.2. The van der Waals surface area contributed by atoms with Gasteiger partial charge in [-0.2, -0.15) is 0 Å². The van der Waals surface area contributed by atoms with Crippen molar-refractivity contribution in [2.75, 3.05) is 19.0 Å². The number of fused-ring (bicyclic) bond motifs is 3. The zero-order valence-electron chi connectivity index (χ0n) is 17.2. The number of aromatic nitrogens is 1. The highest BCUT2D eigenvalue weighted by Crippen LogP contribution is 2.31. The molecular weight excluding hydrogens is 390 g/mol. The second-order valence-electron chi connectivity index (χ2n) is 7.48. The van der Waals surface area contributed by atoms with Gasteiger partial charge in [-0.1, -0.05) is 30.3 Å². The molecule has 31 heavy (non-hydrogen) atoms. The summed E-state index contributed by atoms with van der Waals surface area (Å²) in [6, 6.07) is 25.1. The van der Waals surface area contributed by atoms with Crippen LogP contribution in [-0.4, -0.2) is 29.2 Å². The van der Waals surface area contributed by atoms with Crippen molar-refractivity contribution < 1.29 is 14.3 Å². The molecule has 6 nitrogen and oxygen atoms in total. The van der Waals surface area contributed by atoms with E-state index in [2.05, 4.69) is 22.0 Å². The van der Waals surface area contributed by atoms with Crippen LogP contribution in [-0.2, 0) is 13.1 Å². The zero-order chi connectivity index (χ0) is 21.2. The van der Waals surface area contributed by atoms with Gasteiger partial charge in [-0.15, -0.1) is 0 Å². The third-order valence-electron chi connectivity index (χ3n) is 5.53. The van der Waals surface area contributed by atoms with E-state index in [0.29, 0.717) is 24.5 Å². The Balaban J connectivity index is 1.33. The van der Waals surface area contributed by atoms with Gasteiger partial charge in [-0.05, 0) is 48.5 Å². The summed E-state index contributed by atoms with van der Waals surface area (Å²) in [7, 11) is 1.67. The molecule has 2 heterocycles. The van der Waals surface area contributed by atoms with Crippen LogP contribution in [0.3, 0.4) is 0 Å². The summed E-state index contributed by atoms with van der Waals surface area (Å²) in [6.07, 6.45) is 0. The smallest absolute Gasteiger partial charge is 0.322 e. The summed E-state index contributed by atoms with van der Waals surface area (Å²) in [5.74, 6) is 2.17. The molecule has 2 amide bonds. The topological polar surface area (TPSA) is 55.7 Å². The standard InChI is InChI=1S/C25H23N3O3/c1-30-21-11-12-23-18(16-21)15-19-17-27(13-14-28(19)23)25(29)26-22-9-5-6-10-24(22)31-20-7-3-2-4-8-20/h2-12,15-16H,13-14,17H2,1H3,(H,26,29). The molecule has 0 radical (unpaired) electrons. The van der Waals surface area contributed by atoms with Gasteiger partial charge in [0.2, 0.25) is 0 Å². The van der Waals surface area contributed by atoms with Gasteiger partial charge in [0, 0.05) is 29.7 Å². The van der Waals surface area contributed by atoms with Crippen molar-refractivity contribution in [1.29, 1.82) is 0 Å². The second-order valence-corrected chi connectivity index (χ2v) is 7.48. The highest BCUT2D eigenvalue weighted by Gasteiger charge is 2.23. The van der Waals surface area contributed by atoms with Gasteiger partial charge in [0.25, 0.3) is 0 Å². The summed E-state index contributed by atoms with van der Waals surface area (Å²) in [5.41, 5.74) is 2.92. The minimum atomic E-state index is -0.141. The maximum atomic E-state index is 13.0. The van der Waals surface area contributed by atoms with Crippen LogP contribution < -0.4 is 14.8 Å². The quantitative estimate of drug-likeness (QED) is 0.481. The molecule has 0 saturated carbocycles. The third-order valence-corrected chi connectivity index (χ3v) is 5.53. The third kappa shape index (κ3) is 3.80. The number of hydrogen-bond donors (Lipinski definition) is 1. The number of carbonyl (C=O) groups is 1. The molecule has 0 bridgehead atoms. The molecule has 5 rings (SSSR count). The van der Waals surface area contributed by atoms with Crippen molar-refractivity contribution in [3.63, 3.8) is 0 Å². The van der Waals surface area contributed by atoms with Crippen molar-refractivity contribution in [3.8, 4) is 17.2 Å². The van der Waals surface area contributed by atoms with E-state index in [1.54, 1.807) is 7.11 Å². The lowest BCUT2D eigenvalue weighted by Crippen LogP contribution is -2.40. The molecule has 0 atom stereocenters. The Morgan fingerprint density at radius 2 is 1.71 bits per heavy atom. The van der Waals surface area contributed by atoms with E-state index in [-0.39, 0.29) is 6.03 Å². The number of carbonyl (C=O) groups excluding carboxylic acids is 1. The lowest BCUT2D eigenvalue weighted by Gasteiger charge is -2.29. The minimum absolute atomic E-state index is 0.141. The largest absolute Gasteiger partial charge is 0.497 e. The van der Waals surface area contributed by atoms with Crippen LogP contribution in [0.1, 0.15) is 5.69 Å². The van der Waals surface area contributed by atoms with Gasteiger partial charge < -0.3 is 24.3 Å². The summed E-state index contributed by atoms with van der Waals surface area (Å²) in [4.78, 5) is 14.9. The van der Waals surface area contributed by atoms with E-state index >= 15 is 0 Å². The molecule has 0 unspecified atom stereocenters. The molecule has 1 N–H and O–H groups in total. The molecular formula is C25H23N3O3. The fourth-order valence-electron chi connectivity index (χ4n) is 3.97. The van der Waals surface area contributed by atoms with Crippen LogP contribution in [0.4, 0.5) is 10.5 Å². The van der Waals surface area contributed by atoms with E-state index in [0.717, 1.165) is 34.6 Å². The van der Waals surface area contributed by atoms with E-state index in [1.807, 2.05) is 71.6 Å². The van der Waals surface area contributed by atoms with Crippen molar-refractivity contribution >= 4 is 22.6 Å². The molecule has 6 heteroatoms. The fourth-order valence-corrected chi connectivity index (χ4v) is 3.97. The average Bonchev–Trinajstić information content (AvgIpc) is 3.17. The summed E-state index contributed by atoms with van der Waals surface area (Å²) < 4.78 is 13.6. The van der Waals surface area contributed by atoms with Gasteiger partial charge in [-0.3, -0.25) is 0 Å². The first-order chi connectivity index (χ1) is 15.2. The van der Waals surface area contributed by atoms with E-state index in [1.165, 1.54) is 0 Å². The number of methoxy groups -OCH3 is 1. The number of ether oxygens (including phenoxy) is 2. The predicted octanol–water partition coefficient (Wildman–Crippen LogP) is 5.49. The predicted molar refractivity (Wildman–Crippen MR) is 121 cm³/mol. The van der Waals surface area contributed by atoms with Gasteiger partial charge in [-0.25, -0.2) is 4.79 Å². The number of nitrogens with zero attached hydrogens (tertiary/aromatic N) is 2. The number of para-hydroxylation sites is 3. The van der Waals surface area contributed by atoms with Crippen molar-refractivity contribution in [2.24, 2.45) is 0 Å². The first-order valence-electron chi connectivity index (χ1n) is 10.3. The lowest BCUT2D eigenvalue weighted by atomic mass is 10.2. The molecule has 0 saturated heterocycles. The van der Waals surface area contributed by atoms with Crippen molar-refractivity contribution in [2.45, 2.75) is 13.1 Å². The number of amides is 2. The minimum Gasteiger partial charge on any atom is -0.497 e. The van der Waals surface area contributed by atoms with Crippen LogP contribution in [0.15, 0.2) is 78.9 Å². The molecule has 1 aliphatic rings. The summed E-state index contributed by atoms with van der Waals surface area (Å²) in [5, 5.41) is 4.14. The Bertz CT molecular complexity index is 1230. The lowest BCUT2D eigenvalue weighted by molar-refractivity contribution is 0.198. The van der Waals surface area contributed by atoms with E-state index in [9.17, 15) is 4.79 Å². The SMILES string of the molecule is COc1ccc2c(c1)cc1n2CCN(C(=O)Nc2ccccc2Oc2ccccc2)C1. The first-order valence-corrected chi connectivity index (χ1v) is 10.3. The van der Waals surface area contributed by atoms with Crippen molar-refractivity contribution in [3.05, 3.63) is 84.6 Å². The first kappa shape index (κ1) is 19.1. The Labute approximate surface area is 180 Å². The van der Waals surface area contributed by atoms with Gasteiger partial charge >= 0.3 is 6.03 Å². The molecule has 4 aromatic rings. The second kappa shape index (κ2) is 8.07. The molecule has 156 valence electrons. The van der Waals surface area contributed by atoms with Crippen LogP contribution in [0, 0.1) is 0 Å². The maximum Gasteiger partial charge on any atom is 0.322 e. The number of benzene rings is 3. The number of anilines is 1. The van der Waals surface area contributed by atoms with Crippen LogP contribution in [0.2, 0.25) is 0 Å². The molecule has 0 fully saturated rings. The van der Waals surface area contributed by atoms with Gasteiger partial charge in [0.1, 0.15) is 11.5 Å². The number of hydrogen-bond acceptors (Lipinski definition) is 3. The molecule has 1 aliphatic heterocycles. The average molecular weight is 413 g/mol. The number of nitrogens with one attached hydrogen (secondary N) is 1. The molecule has 1 aromatic heterocycles. The normalized spacial score (nSPS) is 13.0. The fraction of sp³-hybridized carbons (Fsp3) is 0.160. The Hall–Kier alpha value is -3.93. The van der Waals surface area contributed by atoms with Gasteiger partial charge in [0.15, 0.2) is 5.75 Å². The Morgan fingerprint density at radius 1 is 0.903 bits per heavy atom. The highest BCUT2D eigenvalue weighted by molar-refractivity contribution is 5.91. The molecule has 0 aliphatic carbocycles. The Kier molecular flexibility index (Phi) is 4.96. The molecule has 3 aromatic carbocycles. The van der Waals surface area contributed by atoms with Gasteiger partial charge in [0.05, 0.1) is 19.3 Å². The number of urea groups is 1.